The predicted molar refractivity (Wildman–Crippen MR) is 122 cm³/mol. The predicted octanol–water partition coefficient (Wildman–Crippen LogP) is 6.17. The number of carbonyl (C=O) groups is 1. The Morgan fingerprint density at radius 1 is 1.19 bits per heavy atom. The van der Waals surface area contributed by atoms with Crippen LogP contribution in [0.4, 0.5) is 9.18 Å². The molecule has 166 valence electrons. The zero-order valence-electron chi connectivity index (χ0n) is 18.7. The lowest BCUT2D eigenvalue weighted by Crippen LogP contribution is -2.49. The van der Waals surface area contributed by atoms with E-state index in [-0.39, 0.29) is 22.9 Å². The van der Waals surface area contributed by atoms with Gasteiger partial charge >= 0.3 is 6.09 Å². The van der Waals surface area contributed by atoms with Crippen molar-refractivity contribution in [3.8, 4) is 16.9 Å². The van der Waals surface area contributed by atoms with E-state index in [1.807, 2.05) is 57.4 Å². The summed E-state index contributed by atoms with van der Waals surface area (Å²) in [5.41, 5.74) is 2.25. The summed E-state index contributed by atoms with van der Waals surface area (Å²) in [4.78, 5) is 15.1. The van der Waals surface area contributed by atoms with Crippen LogP contribution < -0.4 is 4.74 Å². The van der Waals surface area contributed by atoms with E-state index in [9.17, 15) is 9.18 Å². The average molecular weight is 444 g/mol. The van der Waals surface area contributed by atoms with Gasteiger partial charge in [0.25, 0.3) is 0 Å². The van der Waals surface area contributed by atoms with Gasteiger partial charge in [-0.1, -0.05) is 32.9 Å². The molecule has 0 unspecified atom stereocenters. The molecule has 1 amide bonds. The molecule has 0 N–H and O–H groups in total. The first-order valence-corrected chi connectivity index (χ1v) is 12.0. The van der Waals surface area contributed by atoms with Gasteiger partial charge in [0, 0.05) is 42.8 Å². The highest BCUT2D eigenvalue weighted by Gasteiger charge is 2.43. The highest BCUT2D eigenvalue weighted by Crippen LogP contribution is 2.43. The Labute approximate surface area is 188 Å². The van der Waals surface area contributed by atoms with Crippen molar-refractivity contribution in [3.05, 3.63) is 47.8 Å². The minimum Gasteiger partial charge on any atom is -0.487 e. The summed E-state index contributed by atoms with van der Waals surface area (Å²) < 4.78 is 26.4. The van der Waals surface area contributed by atoms with E-state index in [4.69, 9.17) is 9.47 Å². The number of thioether (sulfide) groups is 1. The number of likely N-dealkylation sites (tertiary alicyclic amines) is 1. The normalized spacial score (nSPS) is 17.4. The summed E-state index contributed by atoms with van der Waals surface area (Å²) in [5, 5.41) is 0. The molecule has 4 rings (SSSR count). The number of amides is 1. The number of hydrogen-bond donors (Lipinski definition) is 0. The van der Waals surface area contributed by atoms with E-state index in [2.05, 4.69) is 0 Å². The van der Waals surface area contributed by atoms with E-state index in [1.165, 1.54) is 11.8 Å². The van der Waals surface area contributed by atoms with Gasteiger partial charge in [-0.3, -0.25) is 0 Å². The minimum atomic E-state index is -0.289. The van der Waals surface area contributed by atoms with Crippen LogP contribution in [0.5, 0.6) is 5.75 Å². The number of nitrogens with zero attached hydrogens (tertiary/aromatic N) is 1. The van der Waals surface area contributed by atoms with Crippen LogP contribution in [0.1, 0.15) is 39.2 Å². The first kappa shape index (κ1) is 22.0. The van der Waals surface area contributed by atoms with Crippen molar-refractivity contribution in [2.24, 2.45) is 5.41 Å². The third-order valence-corrected chi connectivity index (χ3v) is 6.67. The Morgan fingerprint density at radius 3 is 2.58 bits per heavy atom. The maximum absolute atomic E-state index is 14.6. The van der Waals surface area contributed by atoms with Crippen LogP contribution in [0.3, 0.4) is 0 Å². The van der Waals surface area contributed by atoms with Gasteiger partial charge < -0.3 is 14.4 Å². The van der Waals surface area contributed by atoms with E-state index >= 15 is 0 Å². The molecule has 1 fully saturated rings. The molecule has 0 aromatic heterocycles. The maximum atomic E-state index is 14.6. The molecule has 1 spiro atoms. The quantitative estimate of drug-likeness (QED) is 0.532. The van der Waals surface area contributed by atoms with Crippen molar-refractivity contribution in [1.82, 2.24) is 4.90 Å². The number of hydrogen-bond acceptors (Lipinski definition) is 4. The van der Waals surface area contributed by atoms with Crippen LogP contribution in [-0.2, 0) is 11.2 Å². The molecule has 2 aliphatic heterocycles. The van der Waals surface area contributed by atoms with Crippen LogP contribution in [-0.4, -0.2) is 42.5 Å². The fraction of sp³-hybridized carbons (Fsp3) is 0.480. The van der Waals surface area contributed by atoms with Gasteiger partial charge in [0.15, 0.2) is 0 Å². The second-order valence-corrected chi connectivity index (χ2v) is 10.6. The number of carbonyl (C=O) groups excluding carboxylic acids is 1. The van der Waals surface area contributed by atoms with Crippen LogP contribution >= 0.6 is 11.8 Å². The molecule has 2 aliphatic rings. The van der Waals surface area contributed by atoms with Crippen LogP contribution in [0.15, 0.2) is 41.3 Å². The summed E-state index contributed by atoms with van der Waals surface area (Å²) in [5.74, 6) is 0.663. The van der Waals surface area contributed by atoms with Gasteiger partial charge in [-0.2, -0.15) is 0 Å². The molecular formula is C25H30FNO3S. The lowest BCUT2D eigenvalue weighted by Gasteiger charge is -2.38. The van der Waals surface area contributed by atoms with Crippen LogP contribution in [0, 0.1) is 11.2 Å². The standard InChI is InChI=1S/C25H30FNO3S/c1-24(2,3)16-29-23(28)27-11-9-25(10-12-27)15-18-13-17(5-8-22(18)30-25)20-7-6-19(31-4)14-21(20)26/h5-8,13-14H,9-12,15-16H2,1-4H3. The highest BCUT2D eigenvalue weighted by molar-refractivity contribution is 7.98. The Morgan fingerprint density at radius 2 is 1.94 bits per heavy atom. The van der Waals surface area contributed by atoms with E-state index in [0.717, 1.165) is 41.0 Å². The number of piperidine rings is 1. The maximum Gasteiger partial charge on any atom is 0.409 e. The van der Waals surface area contributed by atoms with Crippen LogP contribution in [0.25, 0.3) is 11.1 Å². The fourth-order valence-electron chi connectivity index (χ4n) is 4.20. The third kappa shape index (κ3) is 4.84. The smallest absolute Gasteiger partial charge is 0.409 e. The molecule has 0 radical (unpaired) electrons. The van der Waals surface area contributed by atoms with Crippen molar-refractivity contribution in [1.29, 1.82) is 0 Å². The van der Waals surface area contributed by atoms with Gasteiger partial charge in [-0.05, 0) is 47.1 Å². The zero-order valence-corrected chi connectivity index (χ0v) is 19.5. The number of halogens is 1. The second kappa shape index (κ2) is 8.38. The van der Waals surface area contributed by atoms with Gasteiger partial charge in [-0.25, -0.2) is 9.18 Å². The number of benzene rings is 2. The molecule has 1 saturated heterocycles. The summed E-state index contributed by atoms with van der Waals surface area (Å²) >= 11 is 1.53. The van der Waals surface area contributed by atoms with Gasteiger partial charge in [0.2, 0.25) is 0 Å². The second-order valence-electron chi connectivity index (χ2n) is 9.73. The largest absolute Gasteiger partial charge is 0.487 e. The van der Waals surface area contributed by atoms with Gasteiger partial charge in [-0.15, -0.1) is 11.8 Å². The Kier molecular flexibility index (Phi) is 5.95. The summed E-state index contributed by atoms with van der Waals surface area (Å²) in [7, 11) is 0. The molecule has 2 aromatic carbocycles. The summed E-state index contributed by atoms with van der Waals surface area (Å²) in [6.07, 6.45) is 4.00. The van der Waals surface area contributed by atoms with E-state index < -0.39 is 0 Å². The lowest BCUT2D eigenvalue weighted by molar-refractivity contribution is 0.00956. The molecule has 2 heterocycles. The molecule has 2 aromatic rings. The van der Waals surface area contributed by atoms with Crippen LogP contribution in [0.2, 0.25) is 0 Å². The van der Waals surface area contributed by atoms with Crippen molar-refractivity contribution in [2.45, 2.75) is 50.5 Å². The number of rotatable bonds is 3. The van der Waals surface area contributed by atoms with Crippen molar-refractivity contribution < 1.29 is 18.7 Å². The summed E-state index contributed by atoms with van der Waals surface area (Å²) in [6, 6.07) is 11.3. The van der Waals surface area contributed by atoms with Crippen molar-refractivity contribution in [3.63, 3.8) is 0 Å². The first-order chi connectivity index (χ1) is 14.7. The fourth-order valence-corrected chi connectivity index (χ4v) is 4.63. The molecule has 31 heavy (non-hydrogen) atoms. The van der Waals surface area contributed by atoms with Crippen molar-refractivity contribution in [2.75, 3.05) is 26.0 Å². The van der Waals surface area contributed by atoms with E-state index in [0.29, 0.717) is 25.3 Å². The number of fused-ring (bicyclic) bond motifs is 1. The molecule has 0 bridgehead atoms. The average Bonchev–Trinajstić information content (AvgIpc) is 3.08. The zero-order chi connectivity index (χ0) is 22.2. The third-order valence-electron chi connectivity index (χ3n) is 5.95. The monoisotopic (exact) mass is 443 g/mol. The molecular weight excluding hydrogens is 413 g/mol. The highest BCUT2D eigenvalue weighted by atomic mass is 32.2. The van der Waals surface area contributed by atoms with Gasteiger partial charge in [0.05, 0.1) is 6.61 Å². The molecule has 6 heteroatoms. The van der Waals surface area contributed by atoms with Gasteiger partial charge in [0.1, 0.15) is 17.2 Å². The molecule has 0 saturated carbocycles. The molecule has 4 nitrogen and oxygen atoms in total. The van der Waals surface area contributed by atoms with Crippen molar-refractivity contribution >= 4 is 17.9 Å². The Balaban J connectivity index is 1.42. The Bertz CT molecular complexity index is 977. The molecule has 0 atom stereocenters. The molecule has 0 aliphatic carbocycles. The van der Waals surface area contributed by atoms with E-state index in [1.54, 1.807) is 11.0 Å². The summed E-state index contributed by atoms with van der Waals surface area (Å²) in [6.45, 7) is 7.79. The lowest BCUT2D eigenvalue weighted by atomic mass is 9.86. The SMILES string of the molecule is CSc1ccc(-c2ccc3c(c2)CC2(CCN(C(=O)OCC(C)(C)C)CC2)O3)c(F)c1. The Hall–Kier alpha value is -2.21. The topological polar surface area (TPSA) is 38.8 Å². The first-order valence-electron chi connectivity index (χ1n) is 10.8. The minimum absolute atomic E-state index is 0.0459. The number of ether oxygens (including phenoxy) is 2.